The van der Waals surface area contributed by atoms with E-state index >= 15 is 0 Å². The van der Waals surface area contributed by atoms with Crippen molar-refractivity contribution in [2.45, 2.75) is 25.4 Å². The maximum absolute atomic E-state index is 11.3. The number of carbonyl (C=O) groups excluding carboxylic acids is 1. The van der Waals surface area contributed by atoms with E-state index in [4.69, 9.17) is 0 Å². The number of hydrogen-bond acceptors (Lipinski definition) is 3. The highest BCUT2D eigenvalue weighted by atomic mass is 16.1. The predicted octanol–water partition coefficient (Wildman–Crippen LogP) is -0.222. The summed E-state index contributed by atoms with van der Waals surface area (Å²) in [5, 5.41) is 5.92. The van der Waals surface area contributed by atoms with Gasteiger partial charge < -0.3 is 15.6 Å². The van der Waals surface area contributed by atoms with Crippen LogP contribution in [0.1, 0.15) is 18.7 Å². The van der Waals surface area contributed by atoms with Gasteiger partial charge in [-0.25, -0.2) is 4.98 Å². The summed E-state index contributed by atoms with van der Waals surface area (Å²) in [5.74, 6) is 0.804. The minimum Gasteiger partial charge on any atom is -0.348 e. The normalized spacial score (nSPS) is 15.4. The van der Waals surface area contributed by atoms with Crippen LogP contribution in [0.15, 0.2) is 12.4 Å². The van der Waals surface area contributed by atoms with Gasteiger partial charge in [-0.15, -0.1) is 0 Å². The van der Waals surface area contributed by atoms with E-state index in [-0.39, 0.29) is 5.91 Å². The fraction of sp³-hybridized carbons (Fsp3) is 0.556. The Kier molecular flexibility index (Phi) is 2.78. The molecule has 1 aliphatic rings. The summed E-state index contributed by atoms with van der Waals surface area (Å²) in [4.78, 5) is 18.2. The van der Waals surface area contributed by atoms with Crippen molar-refractivity contribution in [1.82, 2.24) is 20.6 Å². The third-order valence-corrected chi connectivity index (χ3v) is 2.14. The van der Waals surface area contributed by atoms with Gasteiger partial charge in [0, 0.05) is 18.4 Å². The van der Waals surface area contributed by atoms with Crippen LogP contribution in [-0.4, -0.2) is 28.5 Å². The third-order valence-electron chi connectivity index (χ3n) is 2.14. The summed E-state index contributed by atoms with van der Waals surface area (Å²) in [6, 6.07) is 0.573. The standard InChI is InChI=1S/C9H14N4O/c14-9(6-12-7-1-2-7)13-5-8-10-3-4-11-8/h3-4,7,12H,1-2,5-6H2,(H,10,11)(H,13,14). The first-order valence-electron chi connectivity index (χ1n) is 4.83. The molecule has 14 heavy (non-hydrogen) atoms. The third kappa shape index (κ3) is 2.85. The second-order valence-corrected chi connectivity index (χ2v) is 3.47. The first kappa shape index (κ1) is 9.21. The molecule has 1 aliphatic carbocycles. The Hall–Kier alpha value is -1.36. The Morgan fingerprint density at radius 1 is 1.64 bits per heavy atom. The van der Waals surface area contributed by atoms with Crippen LogP contribution in [0.25, 0.3) is 0 Å². The van der Waals surface area contributed by atoms with E-state index in [2.05, 4.69) is 20.6 Å². The molecule has 1 saturated carbocycles. The van der Waals surface area contributed by atoms with Gasteiger partial charge in [0.1, 0.15) is 5.82 Å². The van der Waals surface area contributed by atoms with Crippen molar-refractivity contribution < 1.29 is 4.79 Å². The molecule has 3 N–H and O–H groups in total. The molecular formula is C9H14N4O. The molecule has 0 unspecified atom stereocenters. The lowest BCUT2D eigenvalue weighted by Crippen LogP contribution is -2.34. The summed E-state index contributed by atoms with van der Waals surface area (Å²) in [6.07, 6.45) is 5.81. The molecule has 0 bridgehead atoms. The monoisotopic (exact) mass is 194 g/mol. The molecule has 1 fully saturated rings. The average Bonchev–Trinajstić information content (AvgIpc) is 2.87. The Bertz CT molecular complexity index is 292. The quantitative estimate of drug-likeness (QED) is 0.607. The zero-order valence-corrected chi connectivity index (χ0v) is 7.92. The summed E-state index contributed by atoms with van der Waals surface area (Å²) >= 11 is 0. The lowest BCUT2D eigenvalue weighted by Gasteiger charge is -2.03. The maximum atomic E-state index is 11.3. The van der Waals surface area contributed by atoms with Crippen molar-refractivity contribution >= 4 is 5.91 Å². The maximum Gasteiger partial charge on any atom is 0.234 e. The lowest BCUT2D eigenvalue weighted by atomic mass is 10.5. The number of H-pyrrole nitrogens is 1. The summed E-state index contributed by atoms with van der Waals surface area (Å²) in [6.45, 7) is 0.879. The van der Waals surface area contributed by atoms with Crippen LogP contribution < -0.4 is 10.6 Å². The van der Waals surface area contributed by atoms with Crippen molar-refractivity contribution in [2.24, 2.45) is 0 Å². The van der Waals surface area contributed by atoms with Crippen LogP contribution in [0.3, 0.4) is 0 Å². The van der Waals surface area contributed by atoms with Crippen molar-refractivity contribution in [2.75, 3.05) is 6.54 Å². The van der Waals surface area contributed by atoms with Crippen LogP contribution in [0.5, 0.6) is 0 Å². The van der Waals surface area contributed by atoms with Gasteiger partial charge in [0.25, 0.3) is 0 Å². The number of aromatic nitrogens is 2. The molecule has 0 atom stereocenters. The van der Waals surface area contributed by atoms with Gasteiger partial charge >= 0.3 is 0 Å². The first-order valence-corrected chi connectivity index (χ1v) is 4.83. The summed E-state index contributed by atoms with van der Waals surface area (Å²) < 4.78 is 0. The van der Waals surface area contributed by atoms with Crippen molar-refractivity contribution in [1.29, 1.82) is 0 Å². The summed E-state index contributed by atoms with van der Waals surface area (Å²) in [5.41, 5.74) is 0. The highest BCUT2D eigenvalue weighted by molar-refractivity contribution is 5.77. The second kappa shape index (κ2) is 4.23. The largest absolute Gasteiger partial charge is 0.348 e. The van der Waals surface area contributed by atoms with Crippen LogP contribution in [0, 0.1) is 0 Å². The molecule has 1 heterocycles. The minimum absolute atomic E-state index is 0.0216. The second-order valence-electron chi connectivity index (χ2n) is 3.47. The molecule has 76 valence electrons. The molecular weight excluding hydrogens is 180 g/mol. The molecule has 1 aromatic heterocycles. The van der Waals surface area contributed by atoms with E-state index in [1.54, 1.807) is 12.4 Å². The highest BCUT2D eigenvalue weighted by Crippen LogP contribution is 2.17. The molecule has 0 spiro atoms. The lowest BCUT2D eigenvalue weighted by molar-refractivity contribution is -0.120. The van der Waals surface area contributed by atoms with Gasteiger partial charge in [0.15, 0.2) is 0 Å². The Balaban J connectivity index is 1.62. The zero-order valence-electron chi connectivity index (χ0n) is 7.92. The average molecular weight is 194 g/mol. The number of nitrogens with one attached hydrogen (secondary N) is 3. The molecule has 0 saturated heterocycles. The van der Waals surface area contributed by atoms with Gasteiger partial charge in [-0.1, -0.05) is 0 Å². The van der Waals surface area contributed by atoms with Crippen LogP contribution >= 0.6 is 0 Å². The Labute approximate surface area is 82.3 Å². The number of rotatable bonds is 5. The SMILES string of the molecule is O=C(CNC1CC1)NCc1ncc[nH]1. The molecule has 5 nitrogen and oxygen atoms in total. The summed E-state index contributed by atoms with van der Waals surface area (Å²) in [7, 11) is 0. The molecule has 1 amide bonds. The number of aromatic amines is 1. The molecule has 5 heteroatoms. The van der Waals surface area contributed by atoms with Gasteiger partial charge in [-0.2, -0.15) is 0 Å². The topological polar surface area (TPSA) is 69.8 Å². The van der Waals surface area contributed by atoms with Crippen molar-refractivity contribution in [3.05, 3.63) is 18.2 Å². The Morgan fingerprint density at radius 2 is 2.50 bits per heavy atom. The van der Waals surface area contributed by atoms with E-state index in [1.807, 2.05) is 0 Å². The minimum atomic E-state index is 0.0216. The van der Waals surface area contributed by atoms with E-state index in [1.165, 1.54) is 12.8 Å². The number of imidazole rings is 1. The predicted molar refractivity (Wildman–Crippen MR) is 51.5 cm³/mol. The number of carbonyl (C=O) groups is 1. The van der Waals surface area contributed by atoms with Crippen LogP contribution in [0.4, 0.5) is 0 Å². The van der Waals surface area contributed by atoms with E-state index in [0.717, 1.165) is 5.82 Å². The van der Waals surface area contributed by atoms with Gasteiger partial charge in [-0.3, -0.25) is 4.79 Å². The molecule has 1 aromatic rings. The van der Waals surface area contributed by atoms with Crippen molar-refractivity contribution in [3.8, 4) is 0 Å². The molecule has 0 aliphatic heterocycles. The van der Waals surface area contributed by atoms with Crippen LogP contribution in [0.2, 0.25) is 0 Å². The zero-order chi connectivity index (χ0) is 9.80. The van der Waals surface area contributed by atoms with Gasteiger partial charge in [0.2, 0.25) is 5.91 Å². The smallest absolute Gasteiger partial charge is 0.234 e. The van der Waals surface area contributed by atoms with E-state index in [0.29, 0.717) is 19.1 Å². The van der Waals surface area contributed by atoms with E-state index in [9.17, 15) is 4.79 Å². The van der Waals surface area contributed by atoms with Crippen LogP contribution in [-0.2, 0) is 11.3 Å². The fourth-order valence-electron chi connectivity index (χ4n) is 1.16. The molecule has 0 aromatic carbocycles. The first-order chi connectivity index (χ1) is 6.84. The fourth-order valence-corrected chi connectivity index (χ4v) is 1.16. The Morgan fingerprint density at radius 3 is 3.14 bits per heavy atom. The highest BCUT2D eigenvalue weighted by Gasteiger charge is 2.20. The number of amides is 1. The molecule has 2 rings (SSSR count). The number of hydrogen-bond donors (Lipinski definition) is 3. The molecule has 0 radical (unpaired) electrons. The van der Waals surface area contributed by atoms with Crippen molar-refractivity contribution in [3.63, 3.8) is 0 Å². The van der Waals surface area contributed by atoms with E-state index < -0.39 is 0 Å². The van der Waals surface area contributed by atoms with Gasteiger partial charge in [0.05, 0.1) is 13.1 Å². The van der Waals surface area contributed by atoms with Gasteiger partial charge in [-0.05, 0) is 12.8 Å². The number of nitrogens with zero attached hydrogens (tertiary/aromatic N) is 1.